The van der Waals surface area contributed by atoms with Gasteiger partial charge in [0.05, 0.1) is 5.69 Å². The van der Waals surface area contributed by atoms with Crippen molar-refractivity contribution < 1.29 is 4.79 Å². The van der Waals surface area contributed by atoms with Gasteiger partial charge in [0.2, 0.25) is 0 Å². The van der Waals surface area contributed by atoms with Crippen LogP contribution in [0.25, 0.3) is 6.08 Å². The highest BCUT2D eigenvalue weighted by molar-refractivity contribution is 6.06. The van der Waals surface area contributed by atoms with Gasteiger partial charge in [0.15, 0.2) is 5.78 Å². The van der Waals surface area contributed by atoms with Crippen molar-refractivity contribution in [3.8, 4) is 0 Å². The van der Waals surface area contributed by atoms with Crippen LogP contribution in [-0.2, 0) is 0 Å². The summed E-state index contributed by atoms with van der Waals surface area (Å²) in [5.41, 5.74) is 2.29. The van der Waals surface area contributed by atoms with Crippen LogP contribution in [0.1, 0.15) is 21.7 Å². The van der Waals surface area contributed by atoms with E-state index in [9.17, 15) is 4.79 Å². The number of allylic oxidation sites excluding steroid dienone is 1. The normalized spacial score (nSPS) is 10.6. The Kier molecular flexibility index (Phi) is 3.40. The molecule has 3 nitrogen and oxygen atoms in total. The van der Waals surface area contributed by atoms with Crippen LogP contribution in [0.4, 0.5) is 0 Å². The minimum Gasteiger partial charge on any atom is -0.289 e. The highest BCUT2D eigenvalue weighted by Crippen LogP contribution is 2.03. The molecule has 0 radical (unpaired) electrons. The molecule has 0 N–H and O–H groups in total. The Morgan fingerprint density at radius 2 is 2.12 bits per heavy atom. The molecule has 17 heavy (non-hydrogen) atoms. The van der Waals surface area contributed by atoms with Gasteiger partial charge in [-0.2, -0.15) is 0 Å². The number of hydrogen-bond donors (Lipinski definition) is 0. The Morgan fingerprint density at radius 1 is 1.24 bits per heavy atom. The molecule has 2 heterocycles. The quantitative estimate of drug-likeness (QED) is 0.594. The van der Waals surface area contributed by atoms with Gasteiger partial charge in [-0.1, -0.05) is 6.07 Å². The average Bonchev–Trinajstić information content (AvgIpc) is 2.37. The van der Waals surface area contributed by atoms with Gasteiger partial charge in [-0.3, -0.25) is 14.8 Å². The van der Waals surface area contributed by atoms with E-state index in [1.165, 1.54) is 6.08 Å². The maximum Gasteiger partial charge on any atom is 0.187 e. The van der Waals surface area contributed by atoms with Crippen LogP contribution in [0, 0.1) is 6.92 Å². The van der Waals surface area contributed by atoms with Crippen LogP contribution in [0.3, 0.4) is 0 Å². The molecule has 2 aromatic rings. The first kappa shape index (κ1) is 11.2. The summed E-state index contributed by atoms with van der Waals surface area (Å²) >= 11 is 0. The van der Waals surface area contributed by atoms with Crippen molar-refractivity contribution in [1.29, 1.82) is 0 Å². The molecule has 0 aliphatic heterocycles. The van der Waals surface area contributed by atoms with E-state index in [-0.39, 0.29) is 5.78 Å². The standard InChI is InChI=1S/C14H12N2O/c1-11-4-2-6-13(16-11)7-8-14(17)12-5-3-9-15-10-12/h2-10H,1H3. The predicted octanol–water partition coefficient (Wildman–Crippen LogP) is 2.68. The van der Waals surface area contributed by atoms with E-state index in [1.807, 2.05) is 25.1 Å². The molecule has 2 rings (SSSR count). The lowest BCUT2D eigenvalue weighted by Gasteiger charge is -1.95. The lowest BCUT2D eigenvalue weighted by molar-refractivity contribution is 0.104. The highest BCUT2D eigenvalue weighted by atomic mass is 16.1. The third-order valence-electron chi connectivity index (χ3n) is 2.26. The number of rotatable bonds is 3. The Labute approximate surface area is 99.9 Å². The van der Waals surface area contributed by atoms with Gasteiger partial charge in [0, 0.05) is 23.7 Å². The summed E-state index contributed by atoms with van der Waals surface area (Å²) in [7, 11) is 0. The van der Waals surface area contributed by atoms with Gasteiger partial charge in [0.25, 0.3) is 0 Å². The number of carbonyl (C=O) groups is 1. The van der Waals surface area contributed by atoms with E-state index in [0.717, 1.165) is 11.4 Å². The van der Waals surface area contributed by atoms with E-state index in [4.69, 9.17) is 0 Å². The second-order valence-electron chi connectivity index (χ2n) is 3.64. The predicted molar refractivity (Wildman–Crippen MR) is 66.6 cm³/mol. The molecule has 0 aromatic carbocycles. The summed E-state index contributed by atoms with van der Waals surface area (Å²) in [6.45, 7) is 1.92. The van der Waals surface area contributed by atoms with E-state index in [1.54, 1.807) is 30.6 Å². The fourth-order valence-electron chi connectivity index (χ4n) is 1.42. The molecular formula is C14H12N2O. The van der Waals surface area contributed by atoms with Crippen LogP contribution in [0.2, 0.25) is 0 Å². The Bertz CT molecular complexity index is 547. The number of nitrogens with zero attached hydrogens (tertiary/aromatic N) is 2. The van der Waals surface area contributed by atoms with E-state index >= 15 is 0 Å². The number of pyridine rings is 2. The van der Waals surface area contributed by atoms with Crippen molar-refractivity contribution in [2.75, 3.05) is 0 Å². The lowest BCUT2D eigenvalue weighted by atomic mass is 10.1. The van der Waals surface area contributed by atoms with Crippen molar-refractivity contribution in [1.82, 2.24) is 9.97 Å². The van der Waals surface area contributed by atoms with E-state index in [2.05, 4.69) is 9.97 Å². The van der Waals surface area contributed by atoms with Crippen LogP contribution in [0.15, 0.2) is 48.8 Å². The summed E-state index contributed by atoms with van der Waals surface area (Å²) in [4.78, 5) is 19.9. The van der Waals surface area contributed by atoms with Crippen LogP contribution in [-0.4, -0.2) is 15.8 Å². The zero-order valence-electron chi connectivity index (χ0n) is 9.50. The summed E-state index contributed by atoms with van der Waals surface area (Å²) in [6.07, 6.45) is 6.42. The van der Waals surface area contributed by atoms with Crippen LogP contribution < -0.4 is 0 Å². The lowest BCUT2D eigenvalue weighted by Crippen LogP contribution is -1.94. The fraction of sp³-hybridized carbons (Fsp3) is 0.0714. The molecule has 0 amide bonds. The number of ketones is 1. The summed E-state index contributed by atoms with van der Waals surface area (Å²) < 4.78 is 0. The molecule has 0 bridgehead atoms. The maximum atomic E-state index is 11.7. The van der Waals surface area contributed by atoms with Gasteiger partial charge in [-0.25, -0.2) is 0 Å². The molecule has 2 aromatic heterocycles. The zero-order valence-corrected chi connectivity index (χ0v) is 9.50. The average molecular weight is 224 g/mol. The molecule has 0 fully saturated rings. The van der Waals surface area contributed by atoms with E-state index in [0.29, 0.717) is 5.56 Å². The Hall–Kier alpha value is -2.29. The molecule has 0 aliphatic carbocycles. The fourth-order valence-corrected chi connectivity index (χ4v) is 1.42. The van der Waals surface area contributed by atoms with Gasteiger partial charge in [-0.15, -0.1) is 0 Å². The molecule has 0 atom stereocenters. The van der Waals surface area contributed by atoms with E-state index < -0.39 is 0 Å². The SMILES string of the molecule is Cc1cccc(C=CC(=O)c2cccnc2)n1. The van der Waals surface area contributed by atoms with Crippen molar-refractivity contribution in [2.24, 2.45) is 0 Å². The second kappa shape index (κ2) is 5.16. The number of carbonyl (C=O) groups excluding carboxylic acids is 1. The van der Waals surface area contributed by atoms with Crippen molar-refractivity contribution >= 4 is 11.9 Å². The van der Waals surface area contributed by atoms with Crippen molar-refractivity contribution in [2.45, 2.75) is 6.92 Å². The zero-order chi connectivity index (χ0) is 12.1. The Balaban J connectivity index is 2.14. The van der Waals surface area contributed by atoms with Gasteiger partial charge in [-0.05, 0) is 43.3 Å². The molecular weight excluding hydrogens is 212 g/mol. The smallest absolute Gasteiger partial charge is 0.187 e. The minimum absolute atomic E-state index is 0.0681. The van der Waals surface area contributed by atoms with Gasteiger partial charge in [0.1, 0.15) is 0 Å². The number of hydrogen-bond acceptors (Lipinski definition) is 3. The third kappa shape index (κ3) is 3.08. The van der Waals surface area contributed by atoms with Crippen molar-refractivity contribution in [3.63, 3.8) is 0 Å². The largest absolute Gasteiger partial charge is 0.289 e. The first-order valence-corrected chi connectivity index (χ1v) is 5.32. The monoisotopic (exact) mass is 224 g/mol. The highest BCUT2D eigenvalue weighted by Gasteiger charge is 2.00. The number of aryl methyl sites for hydroxylation is 1. The molecule has 0 spiro atoms. The molecule has 0 aliphatic rings. The molecule has 3 heteroatoms. The maximum absolute atomic E-state index is 11.7. The summed E-state index contributed by atoms with van der Waals surface area (Å²) in [5.74, 6) is -0.0681. The third-order valence-corrected chi connectivity index (χ3v) is 2.26. The summed E-state index contributed by atoms with van der Waals surface area (Å²) in [6, 6.07) is 9.17. The molecule has 0 saturated heterocycles. The summed E-state index contributed by atoms with van der Waals surface area (Å²) in [5, 5.41) is 0. The Morgan fingerprint density at radius 3 is 2.82 bits per heavy atom. The molecule has 0 unspecified atom stereocenters. The van der Waals surface area contributed by atoms with Crippen LogP contribution >= 0.6 is 0 Å². The first-order valence-electron chi connectivity index (χ1n) is 5.32. The molecule has 0 saturated carbocycles. The van der Waals surface area contributed by atoms with Crippen molar-refractivity contribution in [3.05, 3.63) is 65.8 Å². The molecule has 84 valence electrons. The first-order chi connectivity index (χ1) is 8.25. The topological polar surface area (TPSA) is 42.9 Å². The second-order valence-corrected chi connectivity index (χ2v) is 3.64. The number of aromatic nitrogens is 2. The minimum atomic E-state index is -0.0681. The van der Waals surface area contributed by atoms with Gasteiger partial charge < -0.3 is 0 Å². The van der Waals surface area contributed by atoms with Gasteiger partial charge >= 0.3 is 0 Å². The van der Waals surface area contributed by atoms with Crippen LogP contribution in [0.5, 0.6) is 0 Å².